The van der Waals surface area contributed by atoms with E-state index in [0.29, 0.717) is 17.2 Å². The molecule has 0 radical (unpaired) electrons. The lowest BCUT2D eigenvalue weighted by atomic mass is 10.1. The van der Waals surface area contributed by atoms with Crippen LogP contribution in [-0.4, -0.2) is 18.7 Å². The average Bonchev–Trinajstić information content (AvgIpc) is 2.53. The van der Waals surface area contributed by atoms with Crippen LogP contribution in [0.15, 0.2) is 54.6 Å². The first-order valence-electron chi connectivity index (χ1n) is 7.25. The Morgan fingerprint density at radius 2 is 1.86 bits per heavy atom. The minimum Gasteiger partial charge on any atom is -0.456 e. The molecule has 0 bridgehead atoms. The van der Waals surface area contributed by atoms with E-state index < -0.39 is 12.1 Å². The second-order valence-electron chi connectivity index (χ2n) is 4.91. The molecule has 2 atom stereocenters. The monoisotopic (exact) mass is 318 g/mol. The van der Waals surface area contributed by atoms with E-state index in [1.54, 1.807) is 24.3 Å². The van der Waals surface area contributed by atoms with Gasteiger partial charge in [-0.05, 0) is 37.6 Å². The van der Waals surface area contributed by atoms with Crippen LogP contribution in [0.25, 0.3) is 0 Å². The highest BCUT2D eigenvalue weighted by molar-refractivity contribution is 6.30. The van der Waals surface area contributed by atoms with Crippen LogP contribution >= 0.6 is 11.6 Å². The standard InChI is InChI=1S/C18H19ClO3/c1-3-21-17(14-8-5-4-6-9-14)13(2)22-18(20)15-10-7-11-16(19)12-15/h4-13,17H,3H2,1-2H3. The molecule has 0 aromatic heterocycles. The Bertz CT molecular complexity index is 613. The largest absolute Gasteiger partial charge is 0.456 e. The van der Waals surface area contributed by atoms with Gasteiger partial charge in [-0.3, -0.25) is 0 Å². The van der Waals surface area contributed by atoms with Crippen molar-refractivity contribution < 1.29 is 14.3 Å². The van der Waals surface area contributed by atoms with Gasteiger partial charge in [0.1, 0.15) is 12.2 Å². The third kappa shape index (κ3) is 4.33. The number of benzene rings is 2. The number of carbonyl (C=O) groups excluding carboxylic acids is 1. The SMILES string of the molecule is CCOC(c1ccccc1)C(C)OC(=O)c1cccc(Cl)c1. The Balaban J connectivity index is 2.11. The minimum atomic E-state index is -0.408. The molecule has 2 unspecified atom stereocenters. The van der Waals surface area contributed by atoms with E-state index in [9.17, 15) is 4.79 Å². The van der Waals surface area contributed by atoms with Gasteiger partial charge in [-0.1, -0.05) is 48.0 Å². The van der Waals surface area contributed by atoms with Crippen molar-refractivity contribution in [3.05, 3.63) is 70.7 Å². The molecule has 0 aliphatic rings. The molecule has 0 aliphatic carbocycles. The van der Waals surface area contributed by atoms with Gasteiger partial charge in [0.2, 0.25) is 0 Å². The maximum absolute atomic E-state index is 12.2. The summed E-state index contributed by atoms with van der Waals surface area (Å²) in [6.45, 7) is 4.29. The van der Waals surface area contributed by atoms with Crippen molar-refractivity contribution in [3.63, 3.8) is 0 Å². The zero-order valence-electron chi connectivity index (χ0n) is 12.7. The van der Waals surface area contributed by atoms with Crippen LogP contribution in [0.5, 0.6) is 0 Å². The van der Waals surface area contributed by atoms with Gasteiger partial charge in [0.25, 0.3) is 0 Å². The van der Waals surface area contributed by atoms with Crippen LogP contribution in [0, 0.1) is 0 Å². The Labute approximate surface area is 135 Å². The van der Waals surface area contributed by atoms with Crippen LogP contribution in [0.1, 0.15) is 35.9 Å². The first-order valence-corrected chi connectivity index (χ1v) is 7.62. The van der Waals surface area contributed by atoms with E-state index in [1.165, 1.54) is 0 Å². The Kier molecular flexibility index (Phi) is 5.99. The van der Waals surface area contributed by atoms with Gasteiger partial charge < -0.3 is 9.47 Å². The predicted molar refractivity (Wildman–Crippen MR) is 87.1 cm³/mol. The van der Waals surface area contributed by atoms with Gasteiger partial charge in [-0.25, -0.2) is 4.79 Å². The van der Waals surface area contributed by atoms with Crippen molar-refractivity contribution in [1.82, 2.24) is 0 Å². The van der Waals surface area contributed by atoms with Gasteiger partial charge in [0, 0.05) is 11.6 Å². The van der Waals surface area contributed by atoms with Crippen LogP contribution in [0.2, 0.25) is 5.02 Å². The van der Waals surface area contributed by atoms with Gasteiger partial charge in [0.15, 0.2) is 0 Å². The van der Waals surface area contributed by atoms with E-state index in [1.807, 2.05) is 44.2 Å². The number of hydrogen-bond donors (Lipinski definition) is 0. The molecule has 3 nitrogen and oxygen atoms in total. The van der Waals surface area contributed by atoms with Gasteiger partial charge >= 0.3 is 5.97 Å². The molecule has 4 heteroatoms. The lowest BCUT2D eigenvalue weighted by molar-refractivity contribution is -0.0441. The molecule has 22 heavy (non-hydrogen) atoms. The average molecular weight is 319 g/mol. The number of rotatable bonds is 6. The van der Waals surface area contributed by atoms with E-state index >= 15 is 0 Å². The van der Waals surface area contributed by atoms with Crippen LogP contribution in [-0.2, 0) is 9.47 Å². The first-order chi connectivity index (χ1) is 10.6. The molecular weight excluding hydrogens is 300 g/mol. The summed E-state index contributed by atoms with van der Waals surface area (Å²) in [5, 5.41) is 0.506. The van der Waals surface area contributed by atoms with Crippen molar-refractivity contribution in [2.24, 2.45) is 0 Å². The molecule has 0 saturated carbocycles. The lowest BCUT2D eigenvalue weighted by Gasteiger charge is -2.24. The normalized spacial score (nSPS) is 13.4. The highest BCUT2D eigenvalue weighted by atomic mass is 35.5. The van der Waals surface area contributed by atoms with E-state index in [4.69, 9.17) is 21.1 Å². The summed E-state index contributed by atoms with van der Waals surface area (Å²) < 4.78 is 11.3. The molecule has 2 aromatic rings. The lowest BCUT2D eigenvalue weighted by Crippen LogP contribution is -2.25. The van der Waals surface area contributed by atoms with Crippen molar-refractivity contribution in [1.29, 1.82) is 0 Å². The fourth-order valence-corrected chi connectivity index (χ4v) is 2.43. The fraction of sp³-hybridized carbons (Fsp3) is 0.278. The highest BCUT2D eigenvalue weighted by Crippen LogP contribution is 2.24. The van der Waals surface area contributed by atoms with Crippen LogP contribution < -0.4 is 0 Å². The zero-order chi connectivity index (χ0) is 15.9. The summed E-state index contributed by atoms with van der Waals surface area (Å²) in [6, 6.07) is 16.5. The quantitative estimate of drug-likeness (QED) is 0.726. The number of hydrogen-bond acceptors (Lipinski definition) is 3. The van der Waals surface area contributed by atoms with Crippen molar-refractivity contribution >= 4 is 17.6 Å². The summed E-state index contributed by atoms with van der Waals surface area (Å²) in [4.78, 5) is 12.2. The number of carbonyl (C=O) groups is 1. The summed E-state index contributed by atoms with van der Waals surface area (Å²) in [7, 11) is 0. The molecule has 0 N–H and O–H groups in total. The van der Waals surface area contributed by atoms with Gasteiger partial charge in [-0.15, -0.1) is 0 Å². The predicted octanol–water partition coefficient (Wildman–Crippen LogP) is 4.66. The second-order valence-corrected chi connectivity index (χ2v) is 5.34. The number of halogens is 1. The van der Waals surface area contributed by atoms with E-state index in [-0.39, 0.29) is 6.10 Å². The van der Waals surface area contributed by atoms with Crippen LogP contribution in [0.4, 0.5) is 0 Å². The number of ether oxygens (including phenoxy) is 2. The topological polar surface area (TPSA) is 35.5 Å². The van der Waals surface area contributed by atoms with Crippen molar-refractivity contribution in [3.8, 4) is 0 Å². The first kappa shape index (κ1) is 16.5. The molecule has 116 valence electrons. The van der Waals surface area contributed by atoms with Gasteiger partial charge in [-0.2, -0.15) is 0 Å². The minimum absolute atomic E-state index is 0.297. The highest BCUT2D eigenvalue weighted by Gasteiger charge is 2.23. The molecule has 0 fully saturated rings. The van der Waals surface area contributed by atoms with E-state index in [2.05, 4.69) is 0 Å². The van der Waals surface area contributed by atoms with Crippen LogP contribution in [0.3, 0.4) is 0 Å². The molecular formula is C18H19ClO3. The summed E-state index contributed by atoms with van der Waals surface area (Å²) >= 11 is 5.90. The molecule has 0 aliphatic heterocycles. The third-order valence-corrected chi connectivity index (χ3v) is 3.49. The number of esters is 1. The molecule has 0 saturated heterocycles. The van der Waals surface area contributed by atoms with Crippen molar-refractivity contribution in [2.75, 3.05) is 6.61 Å². The maximum Gasteiger partial charge on any atom is 0.338 e. The smallest absolute Gasteiger partial charge is 0.338 e. The summed E-state index contributed by atoms with van der Waals surface area (Å²) in [5.41, 5.74) is 1.42. The summed E-state index contributed by atoms with van der Waals surface area (Å²) in [6.07, 6.45) is -0.705. The molecule has 0 heterocycles. The molecule has 0 amide bonds. The Hall–Kier alpha value is -1.84. The third-order valence-electron chi connectivity index (χ3n) is 3.25. The second kappa shape index (κ2) is 7.97. The molecule has 0 spiro atoms. The fourth-order valence-electron chi connectivity index (χ4n) is 2.24. The molecule has 2 rings (SSSR count). The van der Waals surface area contributed by atoms with E-state index in [0.717, 1.165) is 5.56 Å². The Morgan fingerprint density at radius 3 is 2.50 bits per heavy atom. The van der Waals surface area contributed by atoms with Crippen molar-refractivity contribution in [2.45, 2.75) is 26.1 Å². The Morgan fingerprint density at radius 1 is 1.14 bits per heavy atom. The van der Waals surface area contributed by atoms with Gasteiger partial charge in [0.05, 0.1) is 5.56 Å². The molecule has 2 aromatic carbocycles. The zero-order valence-corrected chi connectivity index (χ0v) is 13.4. The summed E-state index contributed by atoms with van der Waals surface area (Å²) in [5.74, 6) is -0.407. The maximum atomic E-state index is 12.2.